The third-order valence-electron chi connectivity index (χ3n) is 7.25. The topological polar surface area (TPSA) is 62.1 Å². The number of quaternary nitrogens is 1. The normalized spacial score (nSPS) is 30.7. The van der Waals surface area contributed by atoms with Crippen LogP contribution in [0.2, 0.25) is 0 Å². The van der Waals surface area contributed by atoms with E-state index in [1.54, 1.807) is 6.08 Å². The summed E-state index contributed by atoms with van der Waals surface area (Å²) in [6.45, 7) is 4.37. The zero-order valence-electron chi connectivity index (χ0n) is 17.1. The molecule has 3 fully saturated rings. The zero-order valence-corrected chi connectivity index (χ0v) is 17.1. The van der Waals surface area contributed by atoms with Gasteiger partial charge < -0.3 is 9.80 Å². The van der Waals surface area contributed by atoms with E-state index in [0.717, 1.165) is 31.6 Å². The minimum atomic E-state index is -0.103. The van der Waals surface area contributed by atoms with Crippen molar-refractivity contribution in [2.45, 2.75) is 6.42 Å². The van der Waals surface area contributed by atoms with Gasteiger partial charge in [-0.25, -0.2) is 0 Å². The van der Waals surface area contributed by atoms with Gasteiger partial charge >= 0.3 is 0 Å². The highest BCUT2D eigenvalue weighted by Crippen LogP contribution is 2.52. The Labute approximate surface area is 176 Å². The molecule has 6 nitrogen and oxygen atoms in total. The number of piperazine rings is 1. The molecule has 2 aliphatic carbocycles. The van der Waals surface area contributed by atoms with Crippen molar-refractivity contribution >= 4 is 23.8 Å². The second kappa shape index (κ2) is 7.84. The van der Waals surface area contributed by atoms with E-state index >= 15 is 0 Å². The van der Waals surface area contributed by atoms with Crippen LogP contribution >= 0.6 is 0 Å². The highest BCUT2D eigenvalue weighted by atomic mass is 16.2. The van der Waals surface area contributed by atoms with Crippen LogP contribution in [0.15, 0.2) is 48.6 Å². The van der Waals surface area contributed by atoms with Gasteiger partial charge in [-0.3, -0.25) is 19.3 Å². The Balaban J connectivity index is 1.10. The number of amides is 3. The molecule has 5 rings (SSSR count). The van der Waals surface area contributed by atoms with Crippen molar-refractivity contribution in [3.05, 3.63) is 54.1 Å². The number of nitrogens with one attached hydrogen (secondary N) is 1. The Hall–Kier alpha value is -2.73. The van der Waals surface area contributed by atoms with E-state index in [-0.39, 0.29) is 41.4 Å². The summed E-state index contributed by atoms with van der Waals surface area (Å²) in [6.07, 6.45) is 8.73. The molecule has 2 bridgehead atoms. The maximum atomic E-state index is 12.8. The Morgan fingerprint density at radius 1 is 1.00 bits per heavy atom. The Morgan fingerprint density at radius 2 is 1.63 bits per heavy atom. The maximum absolute atomic E-state index is 12.8. The summed E-state index contributed by atoms with van der Waals surface area (Å²) in [6, 6.07) is 9.82. The van der Waals surface area contributed by atoms with Crippen molar-refractivity contribution in [2.75, 3.05) is 39.3 Å². The number of allylic oxidation sites excluding steroid dienone is 2. The molecular weight excluding hydrogens is 378 g/mol. The molecule has 1 aromatic carbocycles. The van der Waals surface area contributed by atoms with Gasteiger partial charge in [0.15, 0.2) is 0 Å². The van der Waals surface area contributed by atoms with Gasteiger partial charge in [-0.05, 0) is 29.9 Å². The predicted molar refractivity (Wildman–Crippen MR) is 112 cm³/mol. The number of likely N-dealkylation sites (tertiary alicyclic amines) is 1. The van der Waals surface area contributed by atoms with Crippen LogP contribution in [-0.4, -0.2) is 66.8 Å². The lowest BCUT2D eigenvalue weighted by molar-refractivity contribution is -0.903. The van der Waals surface area contributed by atoms with E-state index < -0.39 is 0 Å². The quantitative estimate of drug-likeness (QED) is 0.433. The molecule has 3 amide bonds. The third-order valence-corrected chi connectivity index (χ3v) is 7.25. The number of carbonyl (C=O) groups is 3. The van der Waals surface area contributed by atoms with Crippen molar-refractivity contribution in [1.29, 1.82) is 0 Å². The Kier molecular flexibility index (Phi) is 5.03. The van der Waals surface area contributed by atoms with Crippen molar-refractivity contribution in [3.8, 4) is 0 Å². The lowest BCUT2D eigenvalue weighted by Gasteiger charge is -2.32. The van der Waals surface area contributed by atoms with E-state index in [4.69, 9.17) is 0 Å². The fourth-order valence-electron chi connectivity index (χ4n) is 5.58. The maximum Gasteiger partial charge on any atom is 0.246 e. The monoisotopic (exact) mass is 406 g/mol. The minimum absolute atomic E-state index is 0.0404. The first-order valence-corrected chi connectivity index (χ1v) is 11.0. The molecule has 0 unspecified atom stereocenters. The lowest BCUT2D eigenvalue weighted by Crippen LogP contribution is -3.15. The largest absolute Gasteiger partial charge is 0.331 e. The fraction of sp³-hybridized carbons (Fsp3) is 0.458. The van der Waals surface area contributed by atoms with Gasteiger partial charge in [0.1, 0.15) is 0 Å². The first-order chi connectivity index (χ1) is 14.6. The summed E-state index contributed by atoms with van der Waals surface area (Å²) in [7, 11) is 0. The molecular formula is C24H28N3O3+. The highest BCUT2D eigenvalue weighted by Gasteiger charge is 2.59. The van der Waals surface area contributed by atoms with Crippen LogP contribution in [0, 0.1) is 23.7 Å². The summed E-state index contributed by atoms with van der Waals surface area (Å²) in [5.41, 5.74) is 1.02. The summed E-state index contributed by atoms with van der Waals surface area (Å²) in [5.74, 6) is 0.460. The van der Waals surface area contributed by atoms with Gasteiger partial charge in [0.25, 0.3) is 0 Å². The molecule has 156 valence electrons. The van der Waals surface area contributed by atoms with Crippen molar-refractivity contribution in [3.63, 3.8) is 0 Å². The molecule has 6 heteroatoms. The smallest absolute Gasteiger partial charge is 0.246 e. The van der Waals surface area contributed by atoms with Crippen LogP contribution in [-0.2, 0) is 14.4 Å². The van der Waals surface area contributed by atoms with Crippen molar-refractivity contribution in [2.24, 2.45) is 23.7 Å². The van der Waals surface area contributed by atoms with Crippen LogP contribution in [0.1, 0.15) is 12.0 Å². The van der Waals surface area contributed by atoms with Crippen LogP contribution in [0.25, 0.3) is 6.08 Å². The molecule has 2 heterocycles. The van der Waals surface area contributed by atoms with Gasteiger partial charge in [0, 0.05) is 6.08 Å². The molecule has 4 atom stereocenters. The molecule has 4 aliphatic rings. The van der Waals surface area contributed by atoms with Gasteiger partial charge in [0.2, 0.25) is 17.7 Å². The van der Waals surface area contributed by atoms with E-state index in [2.05, 4.69) is 12.2 Å². The fourth-order valence-corrected chi connectivity index (χ4v) is 5.58. The van der Waals surface area contributed by atoms with Gasteiger partial charge in [-0.2, -0.15) is 0 Å². The number of carbonyl (C=O) groups excluding carboxylic acids is 3. The highest BCUT2D eigenvalue weighted by molar-refractivity contribution is 6.06. The number of nitrogens with zero attached hydrogens (tertiary/aromatic N) is 2. The molecule has 30 heavy (non-hydrogen) atoms. The summed E-state index contributed by atoms with van der Waals surface area (Å²) in [5, 5.41) is 0. The van der Waals surface area contributed by atoms with E-state index in [1.807, 2.05) is 41.3 Å². The van der Waals surface area contributed by atoms with Crippen LogP contribution < -0.4 is 4.90 Å². The Morgan fingerprint density at radius 3 is 2.27 bits per heavy atom. The molecule has 1 saturated carbocycles. The average Bonchev–Trinajstić information content (AvgIpc) is 3.46. The lowest BCUT2D eigenvalue weighted by atomic mass is 9.85. The van der Waals surface area contributed by atoms with Crippen molar-refractivity contribution in [1.82, 2.24) is 9.80 Å². The Bertz CT molecular complexity index is 872. The summed E-state index contributed by atoms with van der Waals surface area (Å²) < 4.78 is 0. The minimum Gasteiger partial charge on any atom is -0.331 e. The third kappa shape index (κ3) is 3.39. The van der Waals surface area contributed by atoms with Crippen LogP contribution in [0.4, 0.5) is 0 Å². The number of hydrogen-bond acceptors (Lipinski definition) is 3. The van der Waals surface area contributed by atoms with E-state index in [1.165, 1.54) is 9.80 Å². The summed E-state index contributed by atoms with van der Waals surface area (Å²) >= 11 is 0. The zero-order chi connectivity index (χ0) is 20.7. The molecule has 0 spiro atoms. The predicted octanol–water partition coefficient (Wildman–Crippen LogP) is 0.234. The molecule has 0 aromatic heterocycles. The number of fused-ring (bicyclic) bond motifs is 5. The average molecular weight is 407 g/mol. The second-order valence-corrected chi connectivity index (χ2v) is 8.90. The molecule has 0 radical (unpaired) electrons. The number of hydrogen-bond donors (Lipinski definition) is 1. The van der Waals surface area contributed by atoms with Gasteiger partial charge in [-0.15, -0.1) is 0 Å². The second-order valence-electron chi connectivity index (χ2n) is 8.90. The number of benzene rings is 1. The first kappa shape index (κ1) is 19.2. The number of rotatable bonds is 5. The molecule has 1 aromatic rings. The van der Waals surface area contributed by atoms with E-state index in [0.29, 0.717) is 19.6 Å². The van der Waals surface area contributed by atoms with Gasteiger partial charge in [0.05, 0.1) is 51.1 Å². The summed E-state index contributed by atoms with van der Waals surface area (Å²) in [4.78, 5) is 42.8. The van der Waals surface area contributed by atoms with Crippen LogP contribution in [0.3, 0.4) is 0 Å². The molecule has 2 aliphatic heterocycles. The molecule has 1 N–H and O–H groups in total. The van der Waals surface area contributed by atoms with Crippen molar-refractivity contribution < 1.29 is 19.3 Å². The van der Waals surface area contributed by atoms with Gasteiger partial charge in [-0.1, -0.05) is 42.5 Å². The first-order valence-electron chi connectivity index (χ1n) is 11.0. The standard InChI is InChI=1S/C24H27N3O3/c28-20(9-6-17-4-2-1-3-5-17)26-13-10-25(11-14-26)12-15-27-23(29)21-18-7-8-19(16-18)22(21)24(27)30/h1-9,18-19,21-22H,10-16H2/p+1/b9-6+/t18-,19+,21-,22+. The molecule has 2 saturated heterocycles. The van der Waals surface area contributed by atoms with E-state index in [9.17, 15) is 14.4 Å². The number of imide groups is 1. The SMILES string of the molecule is O=C(/C=C/c1ccccc1)N1CC[NH+](CCN2C(=O)[C@@H]3[C@H](C2=O)[C@@H]2C=C[C@H]3C2)CC1. The van der Waals surface area contributed by atoms with Crippen LogP contribution in [0.5, 0.6) is 0 Å².